The number of aromatic nitrogens is 1. The summed E-state index contributed by atoms with van der Waals surface area (Å²) in [5.74, 6) is -7.93. The normalized spacial score (nSPS) is 11.7. The highest BCUT2D eigenvalue weighted by Gasteiger charge is 2.41. The molecule has 1 heterocycles. The summed E-state index contributed by atoms with van der Waals surface area (Å²) in [5, 5.41) is 8.43. The van der Waals surface area contributed by atoms with Crippen molar-refractivity contribution in [2.75, 3.05) is 6.61 Å². The van der Waals surface area contributed by atoms with Gasteiger partial charge >= 0.3 is 18.3 Å². The quantitative estimate of drug-likeness (QED) is 0.834. The number of rotatable bonds is 5. The predicted octanol–water partition coefficient (Wildman–Crippen LogP) is 2.20. The summed E-state index contributed by atoms with van der Waals surface area (Å²) in [6.45, 7) is -1.67. The zero-order valence-electron chi connectivity index (χ0n) is 8.54. The van der Waals surface area contributed by atoms with Crippen molar-refractivity contribution < 1.29 is 36.6 Å². The summed E-state index contributed by atoms with van der Waals surface area (Å²) >= 11 is 0. The van der Waals surface area contributed by atoms with E-state index >= 15 is 0 Å². The van der Waals surface area contributed by atoms with Crippen LogP contribution < -0.4 is 4.74 Å². The van der Waals surface area contributed by atoms with Crippen LogP contribution in [0.3, 0.4) is 0 Å². The van der Waals surface area contributed by atoms with Gasteiger partial charge < -0.3 is 9.84 Å². The summed E-state index contributed by atoms with van der Waals surface area (Å²) < 4.78 is 65.7. The van der Waals surface area contributed by atoms with Crippen LogP contribution in [0.4, 0.5) is 22.0 Å². The summed E-state index contributed by atoms with van der Waals surface area (Å²) in [6.07, 6.45) is -3.28. The molecule has 0 aliphatic heterocycles. The predicted molar refractivity (Wildman–Crippen MR) is 47.6 cm³/mol. The molecule has 1 N–H and O–H groups in total. The van der Waals surface area contributed by atoms with E-state index < -0.39 is 42.2 Å². The molecule has 0 radical (unpaired) electrons. The smallest absolute Gasteiger partial charge is 0.357 e. The Bertz CT molecular complexity index is 452. The minimum atomic E-state index is -4.39. The third-order valence-electron chi connectivity index (χ3n) is 1.77. The molecule has 0 aromatic carbocycles. The Morgan fingerprint density at radius 1 is 1.50 bits per heavy atom. The van der Waals surface area contributed by atoms with Crippen molar-refractivity contribution in [1.82, 2.24) is 4.98 Å². The molecule has 0 bridgehead atoms. The van der Waals surface area contributed by atoms with Crippen molar-refractivity contribution in [3.8, 4) is 5.75 Å². The number of ether oxygens (including phenoxy) is 1. The number of carboxylic acids is 1. The third-order valence-corrected chi connectivity index (χ3v) is 1.77. The number of aromatic carboxylic acids is 1. The largest absolute Gasteiger partial charge is 0.485 e. The number of pyridine rings is 1. The first-order chi connectivity index (χ1) is 8.24. The van der Waals surface area contributed by atoms with Crippen LogP contribution in [0.2, 0.25) is 0 Å². The molecule has 9 heteroatoms. The van der Waals surface area contributed by atoms with E-state index in [1.165, 1.54) is 0 Å². The Kier molecular flexibility index (Phi) is 4.04. The van der Waals surface area contributed by atoms with Crippen molar-refractivity contribution in [2.45, 2.75) is 12.3 Å². The molecule has 0 atom stereocenters. The molecule has 1 aromatic heterocycles. The molecule has 0 unspecified atom stereocenters. The fraction of sp³-hybridized carbons (Fsp3) is 0.333. The number of hydrogen-bond donors (Lipinski definition) is 1. The molecular formula is C9H6F5NO3. The molecule has 4 nitrogen and oxygen atoms in total. The van der Waals surface area contributed by atoms with Gasteiger partial charge in [-0.05, 0) is 0 Å². The zero-order valence-corrected chi connectivity index (χ0v) is 8.54. The van der Waals surface area contributed by atoms with Crippen LogP contribution >= 0.6 is 0 Å². The number of carboxylic acid groups (broad SMARTS) is 1. The van der Waals surface area contributed by atoms with Gasteiger partial charge in [0.1, 0.15) is 5.75 Å². The van der Waals surface area contributed by atoms with Gasteiger partial charge in [0.25, 0.3) is 0 Å². The molecule has 1 rings (SSSR count). The van der Waals surface area contributed by atoms with Gasteiger partial charge in [-0.1, -0.05) is 0 Å². The van der Waals surface area contributed by atoms with Crippen molar-refractivity contribution in [3.05, 3.63) is 23.8 Å². The van der Waals surface area contributed by atoms with Crippen LogP contribution in [-0.4, -0.2) is 35.0 Å². The first-order valence-corrected chi connectivity index (χ1v) is 4.41. The van der Waals surface area contributed by atoms with E-state index in [4.69, 9.17) is 5.11 Å². The number of carbonyl (C=O) groups is 1. The highest BCUT2D eigenvalue weighted by Crippen LogP contribution is 2.24. The van der Waals surface area contributed by atoms with Crippen molar-refractivity contribution >= 4 is 5.97 Å². The average molecular weight is 271 g/mol. The Morgan fingerprint density at radius 3 is 2.56 bits per heavy atom. The molecule has 0 fully saturated rings. The van der Waals surface area contributed by atoms with Gasteiger partial charge in [0.15, 0.2) is 18.1 Å². The van der Waals surface area contributed by atoms with Gasteiger partial charge in [-0.25, -0.2) is 22.9 Å². The van der Waals surface area contributed by atoms with E-state index in [2.05, 4.69) is 9.72 Å². The van der Waals surface area contributed by atoms with Crippen LogP contribution in [0, 0.1) is 5.82 Å². The highest BCUT2D eigenvalue weighted by atomic mass is 19.3. The van der Waals surface area contributed by atoms with Crippen LogP contribution in [0.1, 0.15) is 10.5 Å². The molecular weight excluding hydrogens is 265 g/mol. The fourth-order valence-corrected chi connectivity index (χ4v) is 0.899. The molecule has 18 heavy (non-hydrogen) atoms. The van der Waals surface area contributed by atoms with Crippen molar-refractivity contribution in [2.24, 2.45) is 0 Å². The van der Waals surface area contributed by atoms with Gasteiger partial charge in [-0.3, -0.25) is 0 Å². The second-order valence-corrected chi connectivity index (χ2v) is 3.16. The second-order valence-electron chi connectivity index (χ2n) is 3.16. The maximum absolute atomic E-state index is 13.0. The van der Waals surface area contributed by atoms with Gasteiger partial charge in [-0.2, -0.15) is 8.78 Å². The van der Waals surface area contributed by atoms with E-state index in [9.17, 15) is 26.7 Å². The lowest BCUT2D eigenvalue weighted by atomic mass is 10.3. The molecule has 0 spiro atoms. The van der Waals surface area contributed by atoms with Crippen LogP contribution in [0.25, 0.3) is 0 Å². The number of hydrogen-bond acceptors (Lipinski definition) is 3. The van der Waals surface area contributed by atoms with Gasteiger partial charge in [0.05, 0.1) is 6.20 Å². The van der Waals surface area contributed by atoms with Gasteiger partial charge in [0, 0.05) is 6.07 Å². The molecule has 0 saturated heterocycles. The third kappa shape index (κ3) is 3.28. The average Bonchev–Trinajstić information content (AvgIpc) is 2.25. The lowest BCUT2D eigenvalue weighted by molar-refractivity contribution is -0.148. The van der Waals surface area contributed by atoms with E-state index in [0.717, 1.165) is 0 Å². The Hall–Kier alpha value is -1.93. The van der Waals surface area contributed by atoms with E-state index in [1.54, 1.807) is 0 Å². The summed E-state index contributed by atoms with van der Waals surface area (Å²) in [5.41, 5.74) is -0.928. The van der Waals surface area contributed by atoms with E-state index in [1.807, 2.05) is 0 Å². The molecule has 100 valence electrons. The van der Waals surface area contributed by atoms with Crippen LogP contribution in [0.15, 0.2) is 12.3 Å². The lowest BCUT2D eigenvalue weighted by Gasteiger charge is -2.15. The Balaban J connectivity index is 2.76. The number of alkyl halides is 4. The number of nitrogens with zero attached hydrogens (tertiary/aromatic N) is 1. The molecule has 0 aliphatic rings. The minimum Gasteiger partial charge on any atom is -0.485 e. The second kappa shape index (κ2) is 5.15. The molecule has 1 aromatic rings. The Morgan fingerprint density at radius 2 is 2.11 bits per heavy atom. The maximum Gasteiger partial charge on any atom is 0.357 e. The maximum atomic E-state index is 13.0. The zero-order chi connectivity index (χ0) is 13.9. The molecule has 0 amide bonds. The summed E-state index contributed by atoms with van der Waals surface area (Å²) in [6, 6.07) is 0.470. The fourth-order valence-electron chi connectivity index (χ4n) is 0.899. The highest BCUT2D eigenvalue weighted by molar-refractivity contribution is 5.85. The topological polar surface area (TPSA) is 59.4 Å². The monoisotopic (exact) mass is 271 g/mol. The lowest BCUT2D eigenvalue weighted by Crippen LogP contribution is -2.33. The summed E-state index contributed by atoms with van der Waals surface area (Å²) in [7, 11) is 0. The summed E-state index contributed by atoms with van der Waals surface area (Å²) in [4.78, 5) is 13.5. The minimum absolute atomic E-state index is 0.470. The van der Waals surface area contributed by atoms with E-state index in [0.29, 0.717) is 12.3 Å². The van der Waals surface area contributed by atoms with Crippen molar-refractivity contribution in [3.63, 3.8) is 0 Å². The van der Waals surface area contributed by atoms with Gasteiger partial charge in [-0.15, -0.1) is 0 Å². The first-order valence-electron chi connectivity index (χ1n) is 4.41. The van der Waals surface area contributed by atoms with Crippen LogP contribution in [-0.2, 0) is 0 Å². The Labute approximate surface area is 97.0 Å². The molecule has 0 aliphatic carbocycles. The SMILES string of the molecule is O=C(O)c1ncc(OCC(F)(F)C(F)F)cc1F. The standard InChI is InChI=1S/C9H6F5NO3/c10-5-1-4(2-15-6(5)7(16)17)18-3-9(13,14)8(11)12/h1-2,8H,3H2,(H,16,17). The first kappa shape index (κ1) is 14.1. The number of halogens is 5. The van der Waals surface area contributed by atoms with Crippen molar-refractivity contribution in [1.29, 1.82) is 0 Å². The van der Waals surface area contributed by atoms with Crippen LogP contribution in [0.5, 0.6) is 5.75 Å². The molecule has 0 saturated carbocycles. The van der Waals surface area contributed by atoms with E-state index in [-0.39, 0.29) is 0 Å². The van der Waals surface area contributed by atoms with Gasteiger partial charge in [0.2, 0.25) is 0 Å².